The van der Waals surface area contributed by atoms with Gasteiger partial charge in [-0.3, -0.25) is 9.78 Å². The topological polar surface area (TPSA) is 45.7 Å². The van der Waals surface area contributed by atoms with Gasteiger partial charge < -0.3 is 14.5 Å². The molecule has 0 atom stereocenters. The number of amides is 1. The Labute approximate surface area is 152 Å². The predicted molar refractivity (Wildman–Crippen MR) is 103 cm³/mol. The Morgan fingerprint density at radius 2 is 1.77 bits per heavy atom. The number of aromatic nitrogens is 1. The standard InChI is InChI=1S/C21H21N3O2/c1-26-18-8-2-6-17(15-18)21(25)24-13-11-23(12-14-24)19-9-3-5-16-7-4-10-22-20(16)19/h2-10,15H,11-14H2,1H3. The molecule has 2 heterocycles. The molecule has 1 saturated heterocycles. The second-order valence-corrected chi connectivity index (χ2v) is 6.36. The van der Waals surface area contributed by atoms with Crippen molar-refractivity contribution in [3.05, 3.63) is 66.4 Å². The van der Waals surface area contributed by atoms with Crippen molar-refractivity contribution in [1.29, 1.82) is 0 Å². The van der Waals surface area contributed by atoms with E-state index in [9.17, 15) is 4.79 Å². The highest BCUT2D eigenvalue weighted by molar-refractivity contribution is 5.95. The SMILES string of the molecule is COc1cccc(C(=O)N2CCN(c3cccc4cccnc34)CC2)c1. The first kappa shape index (κ1) is 16.4. The van der Waals surface area contributed by atoms with Crippen LogP contribution in [0.1, 0.15) is 10.4 Å². The van der Waals surface area contributed by atoms with E-state index in [0.29, 0.717) is 24.4 Å². The van der Waals surface area contributed by atoms with E-state index in [-0.39, 0.29) is 5.91 Å². The van der Waals surface area contributed by atoms with E-state index in [1.807, 2.05) is 35.4 Å². The Bertz CT molecular complexity index is 928. The van der Waals surface area contributed by atoms with E-state index < -0.39 is 0 Å². The van der Waals surface area contributed by atoms with Gasteiger partial charge in [0.25, 0.3) is 5.91 Å². The Hall–Kier alpha value is -3.08. The van der Waals surface area contributed by atoms with Gasteiger partial charge in [-0.2, -0.15) is 0 Å². The highest BCUT2D eigenvalue weighted by Crippen LogP contribution is 2.26. The van der Waals surface area contributed by atoms with Gasteiger partial charge >= 0.3 is 0 Å². The van der Waals surface area contributed by atoms with E-state index in [4.69, 9.17) is 4.74 Å². The Morgan fingerprint density at radius 1 is 1.00 bits per heavy atom. The molecule has 1 aliphatic heterocycles. The van der Waals surface area contributed by atoms with Crippen molar-refractivity contribution < 1.29 is 9.53 Å². The fraction of sp³-hybridized carbons (Fsp3) is 0.238. The van der Waals surface area contributed by atoms with Crippen LogP contribution in [-0.2, 0) is 0 Å². The van der Waals surface area contributed by atoms with Crippen LogP contribution in [0.4, 0.5) is 5.69 Å². The van der Waals surface area contributed by atoms with Crippen LogP contribution in [0.15, 0.2) is 60.8 Å². The maximum absolute atomic E-state index is 12.8. The number of para-hydroxylation sites is 1. The van der Waals surface area contributed by atoms with Crippen LogP contribution in [0.25, 0.3) is 10.9 Å². The number of nitrogens with zero attached hydrogens (tertiary/aromatic N) is 3. The molecule has 0 radical (unpaired) electrons. The molecule has 1 aliphatic rings. The third-order valence-electron chi connectivity index (χ3n) is 4.84. The van der Waals surface area contributed by atoms with Crippen LogP contribution >= 0.6 is 0 Å². The molecule has 1 fully saturated rings. The van der Waals surface area contributed by atoms with Gasteiger partial charge in [-0.1, -0.05) is 24.3 Å². The minimum absolute atomic E-state index is 0.0552. The van der Waals surface area contributed by atoms with Gasteiger partial charge in [-0.25, -0.2) is 0 Å². The molecule has 5 nitrogen and oxygen atoms in total. The van der Waals surface area contributed by atoms with Gasteiger partial charge in [-0.05, 0) is 30.3 Å². The Kier molecular flexibility index (Phi) is 4.44. The molecule has 0 bridgehead atoms. The normalized spacial score (nSPS) is 14.5. The first-order valence-electron chi connectivity index (χ1n) is 8.78. The zero-order valence-electron chi connectivity index (χ0n) is 14.8. The Balaban J connectivity index is 1.49. The number of carbonyl (C=O) groups excluding carboxylic acids is 1. The van der Waals surface area contributed by atoms with Crippen LogP contribution < -0.4 is 9.64 Å². The van der Waals surface area contributed by atoms with E-state index in [0.717, 1.165) is 29.7 Å². The third kappa shape index (κ3) is 3.08. The van der Waals surface area contributed by atoms with E-state index in [1.54, 1.807) is 13.2 Å². The van der Waals surface area contributed by atoms with E-state index in [1.165, 1.54) is 0 Å². The maximum Gasteiger partial charge on any atom is 0.254 e. The molecule has 1 aromatic heterocycles. The van der Waals surface area contributed by atoms with Crippen molar-refractivity contribution in [2.45, 2.75) is 0 Å². The molecule has 1 amide bonds. The zero-order valence-corrected chi connectivity index (χ0v) is 14.8. The maximum atomic E-state index is 12.8. The highest BCUT2D eigenvalue weighted by Gasteiger charge is 2.23. The summed E-state index contributed by atoms with van der Waals surface area (Å²) in [5.41, 5.74) is 2.82. The summed E-state index contributed by atoms with van der Waals surface area (Å²) in [7, 11) is 1.61. The lowest BCUT2D eigenvalue weighted by atomic mass is 10.1. The van der Waals surface area contributed by atoms with Crippen molar-refractivity contribution in [2.75, 3.05) is 38.2 Å². The number of fused-ring (bicyclic) bond motifs is 1. The summed E-state index contributed by atoms with van der Waals surface area (Å²) in [6, 6.07) is 17.6. The van der Waals surface area contributed by atoms with Gasteiger partial charge in [0.05, 0.1) is 18.3 Å². The summed E-state index contributed by atoms with van der Waals surface area (Å²) < 4.78 is 5.22. The molecule has 0 spiro atoms. The quantitative estimate of drug-likeness (QED) is 0.730. The number of ether oxygens (including phenoxy) is 1. The van der Waals surface area contributed by atoms with Gasteiger partial charge in [0, 0.05) is 43.3 Å². The van der Waals surface area contributed by atoms with Gasteiger partial charge in [0.2, 0.25) is 0 Å². The minimum Gasteiger partial charge on any atom is -0.497 e. The molecule has 132 valence electrons. The van der Waals surface area contributed by atoms with Crippen molar-refractivity contribution in [3.63, 3.8) is 0 Å². The number of rotatable bonds is 3. The van der Waals surface area contributed by atoms with Crippen LogP contribution in [0.5, 0.6) is 5.75 Å². The lowest BCUT2D eigenvalue weighted by Gasteiger charge is -2.36. The van der Waals surface area contributed by atoms with E-state index >= 15 is 0 Å². The summed E-state index contributed by atoms with van der Waals surface area (Å²) >= 11 is 0. The molecule has 0 unspecified atom stereocenters. The molecular formula is C21H21N3O2. The first-order chi connectivity index (χ1) is 12.8. The van der Waals surface area contributed by atoms with Crippen molar-refractivity contribution in [1.82, 2.24) is 9.88 Å². The van der Waals surface area contributed by atoms with Gasteiger partial charge in [0.15, 0.2) is 0 Å². The summed E-state index contributed by atoms with van der Waals surface area (Å²) in [4.78, 5) is 21.5. The lowest BCUT2D eigenvalue weighted by molar-refractivity contribution is 0.0746. The number of hydrogen-bond acceptors (Lipinski definition) is 4. The molecule has 0 saturated carbocycles. The average molecular weight is 347 g/mol. The highest BCUT2D eigenvalue weighted by atomic mass is 16.5. The van der Waals surface area contributed by atoms with E-state index in [2.05, 4.69) is 34.1 Å². The fourth-order valence-corrected chi connectivity index (χ4v) is 3.43. The van der Waals surface area contributed by atoms with Crippen molar-refractivity contribution in [2.24, 2.45) is 0 Å². The zero-order chi connectivity index (χ0) is 17.9. The van der Waals surface area contributed by atoms with Gasteiger partial charge in [0.1, 0.15) is 5.75 Å². The smallest absolute Gasteiger partial charge is 0.254 e. The van der Waals surface area contributed by atoms with Crippen LogP contribution in [0, 0.1) is 0 Å². The molecule has 2 aromatic carbocycles. The van der Waals surface area contributed by atoms with Crippen LogP contribution in [0.2, 0.25) is 0 Å². The number of piperazine rings is 1. The molecule has 5 heteroatoms. The molecule has 3 aromatic rings. The minimum atomic E-state index is 0.0552. The lowest BCUT2D eigenvalue weighted by Crippen LogP contribution is -2.48. The molecule has 26 heavy (non-hydrogen) atoms. The van der Waals surface area contributed by atoms with Crippen molar-refractivity contribution >= 4 is 22.5 Å². The molecule has 0 N–H and O–H groups in total. The van der Waals surface area contributed by atoms with Crippen molar-refractivity contribution in [3.8, 4) is 5.75 Å². The monoisotopic (exact) mass is 347 g/mol. The number of benzene rings is 2. The average Bonchev–Trinajstić information content (AvgIpc) is 2.73. The summed E-state index contributed by atoms with van der Waals surface area (Å²) in [5, 5.41) is 1.14. The number of anilines is 1. The van der Waals surface area contributed by atoms with Gasteiger partial charge in [-0.15, -0.1) is 0 Å². The second kappa shape index (κ2) is 7.04. The third-order valence-corrected chi connectivity index (χ3v) is 4.84. The number of pyridine rings is 1. The first-order valence-corrected chi connectivity index (χ1v) is 8.78. The summed E-state index contributed by atoms with van der Waals surface area (Å²) in [5.74, 6) is 0.760. The number of methoxy groups -OCH3 is 1. The number of carbonyl (C=O) groups is 1. The Morgan fingerprint density at radius 3 is 2.58 bits per heavy atom. The summed E-state index contributed by atoms with van der Waals surface area (Å²) in [6.45, 7) is 2.98. The molecule has 4 rings (SSSR count). The second-order valence-electron chi connectivity index (χ2n) is 6.36. The number of hydrogen-bond donors (Lipinski definition) is 0. The fourth-order valence-electron chi connectivity index (χ4n) is 3.43. The molecular weight excluding hydrogens is 326 g/mol. The summed E-state index contributed by atoms with van der Waals surface area (Å²) in [6.07, 6.45) is 1.83. The van der Waals surface area contributed by atoms with Crippen LogP contribution in [-0.4, -0.2) is 49.1 Å². The predicted octanol–water partition coefficient (Wildman–Crippen LogP) is 3.21. The molecule has 0 aliphatic carbocycles. The largest absolute Gasteiger partial charge is 0.497 e. The van der Waals surface area contributed by atoms with Crippen LogP contribution in [0.3, 0.4) is 0 Å².